The standard InChI is InChI=1S/C28H32N4O2/c1-21-10-9-15-25(22(21)2)30-26(33)20-31-16-18-32(19-17-31)27(23-11-5-3-6-12-23)28(34)29-24-13-7-4-8-14-24/h3-15,27H,16-20H2,1-2H3,(H,29,34)(H,30,33). The third kappa shape index (κ3) is 5.90. The maximum Gasteiger partial charge on any atom is 0.246 e. The van der Waals surface area contributed by atoms with Crippen LogP contribution in [0.2, 0.25) is 0 Å². The lowest BCUT2D eigenvalue weighted by Crippen LogP contribution is -2.51. The van der Waals surface area contributed by atoms with Gasteiger partial charge in [0.2, 0.25) is 11.8 Å². The number of para-hydroxylation sites is 1. The third-order valence-corrected chi connectivity index (χ3v) is 6.42. The van der Waals surface area contributed by atoms with Crippen molar-refractivity contribution in [3.63, 3.8) is 0 Å². The molecule has 1 unspecified atom stereocenters. The second-order valence-electron chi connectivity index (χ2n) is 8.78. The smallest absolute Gasteiger partial charge is 0.246 e. The van der Waals surface area contributed by atoms with Gasteiger partial charge in [-0.3, -0.25) is 19.4 Å². The normalized spacial score (nSPS) is 15.5. The number of benzene rings is 3. The van der Waals surface area contributed by atoms with Crippen LogP contribution in [0, 0.1) is 13.8 Å². The molecule has 1 aliphatic heterocycles. The number of carbonyl (C=O) groups is 2. The molecule has 0 aromatic heterocycles. The summed E-state index contributed by atoms with van der Waals surface area (Å²) < 4.78 is 0. The van der Waals surface area contributed by atoms with E-state index < -0.39 is 0 Å². The molecule has 1 saturated heterocycles. The minimum Gasteiger partial charge on any atom is -0.325 e. The van der Waals surface area contributed by atoms with Crippen molar-refractivity contribution < 1.29 is 9.59 Å². The lowest BCUT2D eigenvalue weighted by molar-refractivity contribution is -0.123. The number of carbonyl (C=O) groups excluding carboxylic acids is 2. The number of rotatable bonds is 7. The first-order valence-electron chi connectivity index (χ1n) is 11.7. The van der Waals surface area contributed by atoms with Crippen LogP contribution in [-0.2, 0) is 9.59 Å². The van der Waals surface area contributed by atoms with Gasteiger partial charge in [-0.25, -0.2) is 0 Å². The van der Waals surface area contributed by atoms with Crippen molar-refractivity contribution in [3.05, 3.63) is 95.6 Å². The van der Waals surface area contributed by atoms with E-state index >= 15 is 0 Å². The van der Waals surface area contributed by atoms with Gasteiger partial charge in [-0.15, -0.1) is 0 Å². The molecule has 3 aromatic rings. The van der Waals surface area contributed by atoms with Gasteiger partial charge in [-0.1, -0.05) is 60.7 Å². The van der Waals surface area contributed by atoms with Crippen LogP contribution in [-0.4, -0.2) is 54.3 Å². The summed E-state index contributed by atoms with van der Waals surface area (Å²) in [5.74, 6) is -0.0536. The van der Waals surface area contributed by atoms with Crippen molar-refractivity contribution in [3.8, 4) is 0 Å². The summed E-state index contributed by atoms with van der Waals surface area (Å²) >= 11 is 0. The van der Waals surface area contributed by atoms with Gasteiger partial charge in [0, 0.05) is 37.6 Å². The zero-order valence-corrected chi connectivity index (χ0v) is 19.8. The zero-order valence-electron chi connectivity index (χ0n) is 19.8. The van der Waals surface area contributed by atoms with Crippen molar-refractivity contribution >= 4 is 23.2 Å². The third-order valence-electron chi connectivity index (χ3n) is 6.42. The maximum absolute atomic E-state index is 13.3. The molecule has 1 aliphatic rings. The fraction of sp³-hybridized carbons (Fsp3) is 0.286. The van der Waals surface area contributed by atoms with Crippen molar-refractivity contribution in [2.45, 2.75) is 19.9 Å². The monoisotopic (exact) mass is 456 g/mol. The summed E-state index contributed by atoms with van der Waals surface area (Å²) in [4.78, 5) is 30.3. The van der Waals surface area contributed by atoms with Gasteiger partial charge in [0.25, 0.3) is 0 Å². The SMILES string of the molecule is Cc1cccc(NC(=O)CN2CCN(C(C(=O)Nc3ccccc3)c3ccccc3)CC2)c1C. The van der Waals surface area contributed by atoms with Gasteiger partial charge in [0.15, 0.2) is 0 Å². The van der Waals surface area contributed by atoms with E-state index in [-0.39, 0.29) is 17.9 Å². The summed E-state index contributed by atoms with van der Waals surface area (Å²) in [6, 6.07) is 25.0. The highest BCUT2D eigenvalue weighted by atomic mass is 16.2. The van der Waals surface area contributed by atoms with E-state index in [0.717, 1.165) is 41.2 Å². The van der Waals surface area contributed by atoms with Crippen molar-refractivity contribution in [2.75, 3.05) is 43.4 Å². The summed E-state index contributed by atoms with van der Waals surface area (Å²) in [7, 11) is 0. The molecule has 0 aliphatic carbocycles. The number of hydrogen-bond acceptors (Lipinski definition) is 4. The van der Waals surface area contributed by atoms with Gasteiger partial charge in [0.05, 0.1) is 6.54 Å². The minimum absolute atomic E-state index is 0.0106. The molecule has 176 valence electrons. The van der Waals surface area contributed by atoms with E-state index in [1.807, 2.05) is 92.7 Å². The van der Waals surface area contributed by atoms with E-state index in [4.69, 9.17) is 0 Å². The first-order valence-corrected chi connectivity index (χ1v) is 11.7. The number of amides is 2. The van der Waals surface area contributed by atoms with Gasteiger partial charge in [-0.05, 0) is 48.7 Å². The molecule has 6 nitrogen and oxygen atoms in total. The Hall–Kier alpha value is -3.48. The average molecular weight is 457 g/mol. The van der Waals surface area contributed by atoms with Crippen molar-refractivity contribution in [2.24, 2.45) is 0 Å². The van der Waals surface area contributed by atoms with Crippen LogP contribution in [0.25, 0.3) is 0 Å². The second kappa shape index (κ2) is 11.1. The number of hydrogen-bond donors (Lipinski definition) is 2. The van der Waals surface area contributed by atoms with Crippen LogP contribution in [0.4, 0.5) is 11.4 Å². The largest absolute Gasteiger partial charge is 0.325 e. The van der Waals surface area contributed by atoms with E-state index in [9.17, 15) is 9.59 Å². The highest BCUT2D eigenvalue weighted by Gasteiger charge is 2.31. The molecule has 4 rings (SSSR count). The Labute approximate surface area is 201 Å². The molecule has 0 radical (unpaired) electrons. The number of nitrogens with zero attached hydrogens (tertiary/aromatic N) is 2. The summed E-state index contributed by atoms with van der Waals surface area (Å²) in [5, 5.41) is 6.11. The van der Waals surface area contributed by atoms with Crippen molar-refractivity contribution in [1.82, 2.24) is 9.80 Å². The lowest BCUT2D eigenvalue weighted by Gasteiger charge is -2.38. The molecular formula is C28H32N4O2. The fourth-order valence-electron chi connectivity index (χ4n) is 4.35. The van der Waals surface area contributed by atoms with Gasteiger partial charge in [-0.2, -0.15) is 0 Å². The minimum atomic E-state index is -0.382. The Bertz CT molecular complexity index is 1110. The van der Waals surface area contributed by atoms with Crippen LogP contribution < -0.4 is 10.6 Å². The predicted octanol–water partition coefficient (Wildman–Crippen LogP) is 4.24. The van der Waals surface area contributed by atoms with Crippen LogP contribution in [0.15, 0.2) is 78.9 Å². The quantitative estimate of drug-likeness (QED) is 0.558. The van der Waals surface area contributed by atoms with E-state index in [0.29, 0.717) is 19.6 Å². The maximum atomic E-state index is 13.3. The van der Waals surface area contributed by atoms with Crippen LogP contribution in [0.3, 0.4) is 0 Å². The van der Waals surface area contributed by atoms with Gasteiger partial charge < -0.3 is 10.6 Å². The number of anilines is 2. The summed E-state index contributed by atoms with van der Waals surface area (Å²) in [6.45, 7) is 7.27. The van der Waals surface area contributed by atoms with Crippen molar-refractivity contribution in [1.29, 1.82) is 0 Å². The Morgan fingerprint density at radius 3 is 2.12 bits per heavy atom. The highest BCUT2D eigenvalue weighted by Crippen LogP contribution is 2.24. The molecule has 1 heterocycles. The highest BCUT2D eigenvalue weighted by molar-refractivity contribution is 5.95. The second-order valence-corrected chi connectivity index (χ2v) is 8.78. The molecule has 0 saturated carbocycles. The van der Waals surface area contributed by atoms with Crippen LogP contribution >= 0.6 is 0 Å². The average Bonchev–Trinajstić information content (AvgIpc) is 2.84. The Kier molecular flexibility index (Phi) is 7.72. The molecule has 34 heavy (non-hydrogen) atoms. The molecule has 2 amide bonds. The molecule has 0 spiro atoms. The lowest BCUT2D eigenvalue weighted by atomic mass is 10.0. The molecule has 3 aromatic carbocycles. The molecule has 1 fully saturated rings. The summed E-state index contributed by atoms with van der Waals surface area (Å²) in [5.41, 5.74) is 4.88. The molecular weight excluding hydrogens is 424 g/mol. The fourth-order valence-corrected chi connectivity index (χ4v) is 4.35. The zero-order chi connectivity index (χ0) is 23.9. The molecule has 1 atom stereocenters. The van der Waals surface area contributed by atoms with Gasteiger partial charge >= 0.3 is 0 Å². The molecule has 2 N–H and O–H groups in total. The summed E-state index contributed by atoms with van der Waals surface area (Å²) in [6.07, 6.45) is 0. The Morgan fingerprint density at radius 1 is 0.794 bits per heavy atom. The number of nitrogens with one attached hydrogen (secondary N) is 2. The Morgan fingerprint density at radius 2 is 1.44 bits per heavy atom. The van der Waals surface area contributed by atoms with Crippen LogP contribution in [0.5, 0.6) is 0 Å². The van der Waals surface area contributed by atoms with E-state index in [1.54, 1.807) is 0 Å². The number of piperazine rings is 1. The molecule has 6 heteroatoms. The topological polar surface area (TPSA) is 64.7 Å². The van der Waals surface area contributed by atoms with Gasteiger partial charge in [0.1, 0.15) is 6.04 Å². The first kappa shape index (κ1) is 23.7. The number of aryl methyl sites for hydroxylation is 1. The van der Waals surface area contributed by atoms with E-state index in [1.165, 1.54) is 0 Å². The first-order chi connectivity index (χ1) is 16.5. The molecule has 0 bridgehead atoms. The van der Waals surface area contributed by atoms with E-state index in [2.05, 4.69) is 20.4 Å². The van der Waals surface area contributed by atoms with Crippen LogP contribution in [0.1, 0.15) is 22.7 Å². The predicted molar refractivity (Wildman–Crippen MR) is 137 cm³/mol. The Balaban J connectivity index is 1.38.